The molecule has 2 amide bonds. The first kappa shape index (κ1) is 16.7. The Balaban J connectivity index is 1.72. The Kier molecular flexibility index (Phi) is 5.86. The molecule has 0 aliphatic carbocycles. The van der Waals surface area contributed by atoms with Crippen molar-refractivity contribution >= 4 is 11.8 Å². The van der Waals surface area contributed by atoms with Gasteiger partial charge in [-0.2, -0.15) is 0 Å². The molecule has 0 aliphatic heterocycles. The van der Waals surface area contributed by atoms with Gasteiger partial charge in [-0.1, -0.05) is 42.5 Å². The lowest BCUT2D eigenvalue weighted by Crippen LogP contribution is -2.37. The van der Waals surface area contributed by atoms with E-state index in [2.05, 4.69) is 10.6 Å². The van der Waals surface area contributed by atoms with E-state index in [4.69, 9.17) is 0 Å². The molecule has 0 bridgehead atoms. The summed E-state index contributed by atoms with van der Waals surface area (Å²) in [6, 6.07) is 14.1. The van der Waals surface area contributed by atoms with E-state index in [1.165, 1.54) is 6.07 Å². The number of nitrogens with one attached hydrogen (secondary N) is 2. The van der Waals surface area contributed by atoms with E-state index in [1.807, 2.05) is 30.3 Å². The summed E-state index contributed by atoms with van der Waals surface area (Å²) in [5.74, 6) is -0.826. The van der Waals surface area contributed by atoms with Crippen molar-refractivity contribution in [1.29, 1.82) is 0 Å². The van der Waals surface area contributed by atoms with Gasteiger partial charge in [0.05, 0.1) is 13.0 Å². The predicted molar refractivity (Wildman–Crippen MR) is 86.1 cm³/mol. The van der Waals surface area contributed by atoms with Crippen LogP contribution in [0.1, 0.15) is 16.7 Å². The van der Waals surface area contributed by atoms with Gasteiger partial charge in [0.2, 0.25) is 11.8 Å². The Hall–Kier alpha value is -2.69. The van der Waals surface area contributed by atoms with Crippen molar-refractivity contribution in [3.05, 3.63) is 71.0 Å². The van der Waals surface area contributed by atoms with E-state index in [0.717, 1.165) is 5.56 Å². The highest BCUT2D eigenvalue weighted by Gasteiger charge is 2.07. The molecular formula is C18H19FN2O2. The van der Waals surface area contributed by atoms with Gasteiger partial charge in [0.15, 0.2) is 0 Å². The second-order valence-corrected chi connectivity index (χ2v) is 5.30. The van der Waals surface area contributed by atoms with Crippen molar-refractivity contribution in [1.82, 2.24) is 10.6 Å². The highest BCUT2D eigenvalue weighted by atomic mass is 19.1. The quantitative estimate of drug-likeness (QED) is 0.858. The number of rotatable bonds is 6. The molecule has 0 saturated heterocycles. The Morgan fingerprint density at radius 2 is 1.70 bits per heavy atom. The highest BCUT2D eigenvalue weighted by molar-refractivity contribution is 5.85. The van der Waals surface area contributed by atoms with Crippen LogP contribution in [0.15, 0.2) is 48.5 Å². The molecular weight excluding hydrogens is 295 g/mol. The van der Waals surface area contributed by atoms with Crippen molar-refractivity contribution in [2.75, 3.05) is 6.54 Å². The second-order valence-electron chi connectivity index (χ2n) is 5.30. The molecule has 0 fully saturated rings. The van der Waals surface area contributed by atoms with E-state index in [0.29, 0.717) is 11.1 Å². The summed E-state index contributed by atoms with van der Waals surface area (Å²) >= 11 is 0. The minimum atomic E-state index is -0.313. The molecule has 0 unspecified atom stereocenters. The van der Waals surface area contributed by atoms with Crippen molar-refractivity contribution in [3.63, 3.8) is 0 Å². The fraction of sp³-hybridized carbons (Fsp3) is 0.222. The molecule has 0 spiro atoms. The number of hydrogen-bond acceptors (Lipinski definition) is 2. The lowest BCUT2D eigenvalue weighted by molar-refractivity contribution is -0.125. The molecule has 2 N–H and O–H groups in total. The summed E-state index contributed by atoms with van der Waals surface area (Å²) < 4.78 is 13.4. The molecule has 5 heteroatoms. The first-order chi connectivity index (χ1) is 11.0. The number of carbonyl (C=O) groups is 2. The summed E-state index contributed by atoms with van der Waals surface area (Å²) in [5.41, 5.74) is 2.13. The lowest BCUT2D eigenvalue weighted by Gasteiger charge is -2.08. The summed E-state index contributed by atoms with van der Waals surface area (Å²) in [6.45, 7) is 1.81. The fourth-order valence-corrected chi connectivity index (χ4v) is 2.03. The number of carbonyl (C=O) groups excluding carboxylic acids is 2. The van der Waals surface area contributed by atoms with Crippen LogP contribution in [0.4, 0.5) is 4.39 Å². The molecule has 0 saturated carbocycles. The van der Waals surface area contributed by atoms with Crippen LogP contribution in [-0.2, 0) is 22.6 Å². The summed E-state index contributed by atoms with van der Waals surface area (Å²) in [7, 11) is 0. The van der Waals surface area contributed by atoms with Crippen LogP contribution in [0.5, 0.6) is 0 Å². The zero-order valence-corrected chi connectivity index (χ0v) is 12.9. The monoisotopic (exact) mass is 314 g/mol. The van der Waals surface area contributed by atoms with Gasteiger partial charge < -0.3 is 10.6 Å². The van der Waals surface area contributed by atoms with E-state index in [-0.39, 0.29) is 37.1 Å². The molecule has 2 aromatic carbocycles. The molecule has 0 aromatic heterocycles. The molecule has 120 valence electrons. The van der Waals surface area contributed by atoms with Crippen LogP contribution in [-0.4, -0.2) is 18.4 Å². The predicted octanol–water partition coefficient (Wildman–Crippen LogP) is 2.11. The fourth-order valence-electron chi connectivity index (χ4n) is 2.03. The van der Waals surface area contributed by atoms with Crippen LogP contribution in [0.25, 0.3) is 0 Å². The lowest BCUT2D eigenvalue weighted by atomic mass is 10.1. The van der Waals surface area contributed by atoms with Crippen molar-refractivity contribution in [2.24, 2.45) is 0 Å². The van der Waals surface area contributed by atoms with Gasteiger partial charge in [0, 0.05) is 6.54 Å². The molecule has 2 rings (SSSR count). The van der Waals surface area contributed by atoms with E-state index < -0.39 is 0 Å². The molecule has 0 heterocycles. The molecule has 0 aliphatic rings. The standard InChI is InChI=1S/C18H19FN2O2/c1-13-7-8-15(9-16(13)19)11-20-18(23)12-21-17(22)10-14-5-3-2-4-6-14/h2-9H,10-12H2,1H3,(H,20,23)(H,21,22). The van der Waals surface area contributed by atoms with Gasteiger partial charge in [-0.15, -0.1) is 0 Å². The maximum Gasteiger partial charge on any atom is 0.239 e. The maximum absolute atomic E-state index is 13.4. The summed E-state index contributed by atoms with van der Waals surface area (Å²) in [6.07, 6.45) is 0.233. The molecule has 0 radical (unpaired) electrons. The number of aryl methyl sites for hydroxylation is 1. The third-order valence-corrected chi connectivity index (χ3v) is 3.38. The Morgan fingerprint density at radius 3 is 2.39 bits per heavy atom. The third kappa shape index (κ3) is 5.54. The van der Waals surface area contributed by atoms with E-state index >= 15 is 0 Å². The first-order valence-corrected chi connectivity index (χ1v) is 7.37. The highest BCUT2D eigenvalue weighted by Crippen LogP contribution is 2.08. The van der Waals surface area contributed by atoms with Crippen LogP contribution >= 0.6 is 0 Å². The van der Waals surface area contributed by atoms with E-state index in [1.54, 1.807) is 19.1 Å². The zero-order valence-electron chi connectivity index (χ0n) is 12.9. The molecule has 23 heavy (non-hydrogen) atoms. The summed E-state index contributed by atoms with van der Waals surface area (Å²) in [5, 5.41) is 5.21. The topological polar surface area (TPSA) is 58.2 Å². The van der Waals surface area contributed by atoms with Crippen molar-refractivity contribution in [3.8, 4) is 0 Å². The number of amides is 2. The largest absolute Gasteiger partial charge is 0.350 e. The van der Waals surface area contributed by atoms with E-state index in [9.17, 15) is 14.0 Å². The van der Waals surface area contributed by atoms with Gasteiger partial charge in [0.25, 0.3) is 0 Å². The third-order valence-electron chi connectivity index (χ3n) is 3.38. The number of benzene rings is 2. The second kappa shape index (κ2) is 8.08. The average Bonchev–Trinajstić information content (AvgIpc) is 2.55. The smallest absolute Gasteiger partial charge is 0.239 e. The minimum Gasteiger partial charge on any atom is -0.350 e. The Labute approximate surface area is 134 Å². The Morgan fingerprint density at radius 1 is 0.957 bits per heavy atom. The van der Waals surface area contributed by atoms with Crippen molar-refractivity contribution < 1.29 is 14.0 Å². The summed E-state index contributed by atoms with van der Waals surface area (Å²) in [4.78, 5) is 23.4. The van der Waals surface area contributed by atoms with Gasteiger partial charge in [0.1, 0.15) is 5.82 Å². The molecule has 2 aromatic rings. The van der Waals surface area contributed by atoms with Crippen LogP contribution in [0.3, 0.4) is 0 Å². The maximum atomic E-state index is 13.4. The molecule has 0 atom stereocenters. The van der Waals surface area contributed by atoms with Crippen molar-refractivity contribution in [2.45, 2.75) is 19.9 Å². The number of halogens is 1. The van der Waals surface area contributed by atoms with Gasteiger partial charge in [-0.25, -0.2) is 4.39 Å². The zero-order chi connectivity index (χ0) is 16.7. The van der Waals surface area contributed by atoms with Gasteiger partial charge >= 0.3 is 0 Å². The molecule has 4 nitrogen and oxygen atoms in total. The van der Waals surface area contributed by atoms with Gasteiger partial charge in [-0.3, -0.25) is 9.59 Å². The average molecular weight is 314 g/mol. The van der Waals surface area contributed by atoms with Crippen LogP contribution in [0.2, 0.25) is 0 Å². The first-order valence-electron chi connectivity index (χ1n) is 7.37. The SMILES string of the molecule is Cc1ccc(CNC(=O)CNC(=O)Cc2ccccc2)cc1F. The number of hydrogen-bond donors (Lipinski definition) is 2. The van der Waals surface area contributed by atoms with Gasteiger partial charge in [-0.05, 0) is 29.7 Å². The van der Waals surface area contributed by atoms with Crippen LogP contribution in [0, 0.1) is 12.7 Å². The normalized spacial score (nSPS) is 10.2. The van der Waals surface area contributed by atoms with Crippen LogP contribution < -0.4 is 10.6 Å². The minimum absolute atomic E-state index is 0.0972. The Bertz CT molecular complexity index is 687.